The summed E-state index contributed by atoms with van der Waals surface area (Å²) in [4.78, 5) is 26.0. The predicted molar refractivity (Wildman–Crippen MR) is 84.8 cm³/mol. The minimum atomic E-state index is -0.162. The zero-order chi connectivity index (χ0) is 16.2. The summed E-state index contributed by atoms with van der Waals surface area (Å²) in [6.07, 6.45) is 1.26. The van der Waals surface area contributed by atoms with E-state index >= 15 is 0 Å². The zero-order valence-corrected chi connectivity index (χ0v) is 13.1. The van der Waals surface area contributed by atoms with Crippen molar-refractivity contribution in [2.24, 2.45) is 5.92 Å². The van der Waals surface area contributed by atoms with E-state index in [0.29, 0.717) is 38.2 Å². The molecule has 2 aromatic rings. The summed E-state index contributed by atoms with van der Waals surface area (Å²) in [6, 6.07) is 9.33. The first-order chi connectivity index (χ1) is 11.2. The number of aromatic nitrogens is 2. The number of benzene rings is 1. The average molecular weight is 313 g/mol. The number of nitrogens with zero attached hydrogens (tertiary/aromatic N) is 3. The van der Waals surface area contributed by atoms with Crippen LogP contribution < -0.4 is 0 Å². The van der Waals surface area contributed by atoms with Gasteiger partial charge in [0, 0.05) is 18.5 Å². The van der Waals surface area contributed by atoms with Gasteiger partial charge in [-0.05, 0) is 31.9 Å². The van der Waals surface area contributed by atoms with Crippen LogP contribution in [0.25, 0.3) is 10.9 Å². The van der Waals surface area contributed by atoms with Crippen LogP contribution in [-0.4, -0.2) is 46.7 Å². The summed E-state index contributed by atoms with van der Waals surface area (Å²) in [6.45, 7) is 3.27. The lowest BCUT2D eigenvalue weighted by Gasteiger charge is -2.30. The van der Waals surface area contributed by atoms with E-state index in [0.717, 1.165) is 10.9 Å². The van der Waals surface area contributed by atoms with E-state index in [2.05, 4.69) is 10.2 Å². The standard InChI is InChI=1S/C17H19N3O3/c1-2-23-17(22)12-7-9-20(10-8-12)16(21)15-11-13-5-3-4-6-14(13)18-19-15/h3-6,11-12H,2,7-10H2,1H3. The van der Waals surface area contributed by atoms with Gasteiger partial charge < -0.3 is 9.64 Å². The van der Waals surface area contributed by atoms with Crippen molar-refractivity contribution in [1.82, 2.24) is 15.1 Å². The third kappa shape index (κ3) is 3.31. The zero-order valence-electron chi connectivity index (χ0n) is 13.1. The number of likely N-dealkylation sites (tertiary alicyclic amines) is 1. The summed E-state index contributed by atoms with van der Waals surface area (Å²) in [5.74, 6) is -0.405. The molecule has 0 spiro atoms. The van der Waals surface area contributed by atoms with Gasteiger partial charge >= 0.3 is 5.97 Å². The van der Waals surface area contributed by atoms with Crippen LogP contribution in [0, 0.1) is 5.92 Å². The first kappa shape index (κ1) is 15.4. The molecule has 1 fully saturated rings. The number of fused-ring (bicyclic) bond motifs is 1. The van der Waals surface area contributed by atoms with Crippen molar-refractivity contribution < 1.29 is 14.3 Å². The molecule has 6 heteroatoms. The highest BCUT2D eigenvalue weighted by molar-refractivity contribution is 5.95. The molecule has 23 heavy (non-hydrogen) atoms. The minimum Gasteiger partial charge on any atom is -0.466 e. The predicted octanol–water partition coefficient (Wildman–Crippen LogP) is 2.05. The first-order valence-electron chi connectivity index (χ1n) is 7.87. The number of esters is 1. The van der Waals surface area contributed by atoms with Gasteiger partial charge in [0.1, 0.15) is 0 Å². The Kier molecular flexibility index (Phi) is 4.50. The summed E-state index contributed by atoms with van der Waals surface area (Å²) >= 11 is 0. The van der Waals surface area contributed by atoms with Gasteiger partial charge in [0.15, 0.2) is 5.69 Å². The largest absolute Gasteiger partial charge is 0.466 e. The summed E-state index contributed by atoms with van der Waals surface area (Å²) in [5, 5.41) is 9.02. The Morgan fingerprint density at radius 2 is 1.96 bits per heavy atom. The maximum atomic E-state index is 12.6. The van der Waals surface area contributed by atoms with Crippen LogP contribution in [0.1, 0.15) is 30.3 Å². The second-order valence-corrected chi connectivity index (χ2v) is 5.61. The molecule has 1 aliphatic heterocycles. The number of amides is 1. The molecule has 0 N–H and O–H groups in total. The van der Waals surface area contributed by atoms with Crippen LogP contribution in [0.2, 0.25) is 0 Å². The molecule has 0 radical (unpaired) electrons. The summed E-state index contributed by atoms with van der Waals surface area (Å²) in [7, 11) is 0. The van der Waals surface area contributed by atoms with Crippen molar-refractivity contribution in [2.45, 2.75) is 19.8 Å². The van der Waals surface area contributed by atoms with E-state index in [-0.39, 0.29) is 17.8 Å². The number of hydrogen-bond acceptors (Lipinski definition) is 5. The highest BCUT2D eigenvalue weighted by atomic mass is 16.5. The molecule has 120 valence electrons. The second kappa shape index (κ2) is 6.73. The van der Waals surface area contributed by atoms with Crippen molar-refractivity contribution in [2.75, 3.05) is 19.7 Å². The smallest absolute Gasteiger partial charge is 0.309 e. The molecule has 0 aliphatic carbocycles. The SMILES string of the molecule is CCOC(=O)C1CCN(C(=O)c2cc3ccccc3nn2)CC1. The monoisotopic (exact) mass is 313 g/mol. The molecule has 1 aromatic carbocycles. The fraction of sp³-hybridized carbons (Fsp3) is 0.412. The third-order valence-corrected chi connectivity index (χ3v) is 4.12. The minimum absolute atomic E-state index is 0.110. The van der Waals surface area contributed by atoms with E-state index in [1.165, 1.54) is 0 Å². The number of carbonyl (C=O) groups is 2. The molecule has 2 heterocycles. The van der Waals surface area contributed by atoms with Gasteiger partial charge in [-0.15, -0.1) is 10.2 Å². The van der Waals surface area contributed by atoms with Gasteiger partial charge in [0.05, 0.1) is 18.0 Å². The molecule has 6 nitrogen and oxygen atoms in total. The lowest BCUT2D eigenvalue weighted by atomic mass is 9.97. The Hall–Kier alpha value is -2.50. The van der Waals surface area contributed by atoms with Gasteiger partial charge in [0.2, 0.25) is 0 Å². The van der Waals surface area contributed by atoms with Crippen LogP contribution in [-0.2, 0) is 9.53 Å². The van der Waals surface area contributed by atoms with E-state index in [1.54, 1.807) is 17.9 Å². The van der Waals surface area contributed by atoms with Crippen molar-refractivity contribution in [1.29, 1.82) is 0 Å². The van der Waals surface area contributed by atoms with Crippen molar-refractivity contribution >= 4 is 22.8 Å². The van der Waals surface area contributed by atoms with Crippen LogP contribution in [0.5, 0.6) is 0 Å². The molecule has 1 saturated heterocycles. The van der Waals surface area contributed by atoms with E-state index in [9.17, 15) is 9.59 Å². The van der Waals surface area contributed by atoms with Crippen molar-refractivity contribution in [3.05, 3.63) is 36.0 Å². The molecular weight excluding hydrogens is 294 g/mol. The van der Waals surface area contributed by atoms with E-state index in [1.807, 2.05) is 24.3 Å². The van der Waals surface area contributed by atoms with E-state index < -0.39 is 0 Å². The highest BCUT2D eigenvalue weighted by Gasteiger charge is 2.29. The molecule has 1 aromatic heterocycles. The normalized spacial score (nSPS) is 15.6. The lowest BCUT2D eigenvalue weighted by Crippen LogP contribution is -2.41. The van der Waals surface area contributed by atoms with Crippen molar-refractivity contribution in [3.63, 3.8) is 0 Å². The Morgan fingerprint density at radius 3 is 2.70 bits per heavy atom. The van der Waals surface area contributed by atoms with Gasteiger partial charge in [0.25, 0.3) is 5.91 Å². The maximum absolute atomic E-state index is 12.6. The van der Waals surface area contributed by atoms with Crippen LogP contribution in [0.3, 0.4) is 0 Å². The number of ether oxygens (including phenoxy) is 1. The molecule has 3 rings (SSSR count). The topological polar surface area (TPSA) is 72.4 Å². The molecule has 0 unspecified atom stereocenters. The molecule has 0 atom stereocenters. The van der Waals surface area contributed by atoms with E-state index in [4.69, 9.17) is 4.74 Å². The van der Waals surface area contributed by atoms with Gasteiger partial charge in [-0.2, -0.15) is 0 Å². The number of carbonyl (C=O) groups excluding carboxylic acids is 2. The first-order valence-corrected chi connectivity index (χ1v) is 7.87. The van der Waals surface area contributed by atoms with Gasteiger partial charge in [-0.1, -0.05) is 18.2 Å². The summed E-state index contributed by atoms with van der Waals surface area (Å²) < 4.78 is 5.05. The Morgan fingerprint density at radius 1 is 1.22 bits per heavy atom. The highest BCUT2D eigenvalue weighted by Crippen LogP contribution is 2.20. The Balaban J connectivity index is 1.67. The fourth-order valence-electron chi connectivity index (χ4n) is 2.83. The van der Waals surface area contributed by atoms with Gasteiger partial charge in [-0.3, -0.25) is 9.59 Å². The average Bonchev–Trinajstić information content (AvgIpc) is 2.61. The quantitative estimate of drug-likeness (QED) is 0.811. The lowest BCUT2D eigenvalue weighted by molar-refractivity contribution is -0.149. The van der Waals surface area contributed by atoms with Crippen LogP contribution in [0.15, 0.2) is 30.3 Å². The number of rotatable bonds is 3. The fourth-order valence-corrected chi connectivity index (χ4v) is 2.83. The molecule has 1 aliphatic rings. The molecule has 1 amide bonds. The van der Waals surface area contributed by atoms with Crippen LogP contribution in [0.4, 0.5) is 0 Å². The Labute approximate surface area is 134 Å². The van der Waals surface area contributed by atoms with Crippen LogP contribution >= 0.6 is 0 Å². The number of piperidine rings is 1. The third-order valence-electron chi connectivity index (χ3n) is 4.12. The molecule has 0 saturated carbocycles. The summed E-state index contributed by atoms with van der Waals surface area (Å²) in [5.41, 5.74) is 1.11. The van der Waals surface area contributed by atoms with Gasteiger partial charge in [-0.25, -0.2) is 0 Å². The van der Waals surface area contributed by atoms with Crippen molar-refractivity contribution in [3.8, 4) is 0 Å². The maximum Gasteiger partial charge on any atom is 0.309 e. The molecular formula is C17H19N3O3. The second-order valence-electron chi connectivity index (χ2n) is 5.61. The number of hydrogen-bond donors (Lipinski definition) is 0. The Bertz CT molecular complexity index is 724. The molecule has 0 bridgehead atoms.